The molecule has 2 aromatic carbocycles. The molecule has 1 amide bonds. The number of aliphatic hydroxyl groups is 1. The predicted molar refractivity (Wildman–Crippen MR) is 141 cm³/mol. The van der Waals surface area contributed by atoms with E-state index in [9.17, 15) is 14.3 Å². The highest BCUT2D eigenvalue weighted by Gasteiger charge is 2.49. The van der Waals surface area contributed by atoms with E-state index in [1.807, 2.05) is 23.6 Å². The SMILES string of the molecule is O=C1NC(c2csc(Cl)c2)(c2cccc(Oc3ccc(F)cc3)n2)CC(O)C1Sc1ccccc1Cl. The number of thioether (sulfide) groups is 1. The van der Waals surface area contributed by atoms with E-state index in [0.717, 1.165) is 0 Å². The van der Waals surface area contributed by atoms with Crippen LogP contribution in [-0.2, 0) is 10.3 Å². The number of hydrogen-bond donors (Lipinski definition) is 2. The minimum atomic E-state index is -1.14. The number of nitrogens with one attached hydrogen (secondary N) is 1. The number of halogens is 3. The standard InChI is InChI=1S/C26H19Cl2FN2O3S2/c27-18-4-1-2-5-20(18)36-24-19(32)13-26(31-25(24)33,15-12-22(28)35-14-15)21-6-3-7-23(30-21)34-17-10-8-16(29)9-11-17/h1-12,14,19,24,32H,13H2,(H,31,33). The first-order valence-corrected chi connectivity index (χ1v) is 13.4. The Morgan fingerprint density at radius 1 is 1.11 bits per heavy atom. The molecular formula is C26H19Cl2FN2O3S2. The van der Waals surface area contributed by atoms with Gasteiger partial charge < -0.3 is 15.2 Å². The third-order valence-corrected chi connectivity index (χ3v) is 8.73. The molecule has 5 nitrogen and oxygen atoms in total. The van der Waals surface area contributed by atoms with Crippen molar-refractivity contribution >= 4 is 52.2 Å². The van der Waals surface area contributed by atoms with E-state index in [-0.39, 0.29) is 24.0 Å². The maximum Gasteiger partial charge on any atom is 0.237 e. The first kappa shape index (κ1) is 25.0. The fourth-order valence-electron chi connectivity index (χ4n) is 4.11. The van der Waals surface area contributed by atoms with Gasteiger partial charge in [-0.15, -0.1) is 23.1 Å². The van der Waals surface area contributed by atoms with Gasteiger partial charge in [0, 0.05) is 17.4 Å². The predicted octanol–water partition coefficient (Wildman–Crippen LogP) is 6.67. The zero-order chi connectivity index (χ0) is 25.3. The molecule has 3 heterocycles. The molecule has 1 saturated heterocycles. The van der Waals surface area contributed by atoms with Crippen LogP contribution in [-0.4, -0.2) is 27.4 Å². The van der Waals surface area contributed by atoms with Crippen molar-refractivity contribution in [3.63, 3.8) is 0 Å². The summed E-state index contributed by atoms with van der Waals surface area (Å²) >= 11 is 15.1. The maximum absolute atomic E-state index is 13.4. The molecular weight excluding hydrogens is 542 g/mol. The summed E-state index contributed by atoms with van der Waals surface area (Å²) in [6, 6.07) is 19.7. The number of thiophene rings is 1. The van der Waals surface area contributed by atoms with Gasteiger partial charge in [0.1, 0.15) is 22.4 Å². The Hall–Kier alpha value is -2.62. The molecule has 0 bridgehead atoms. The minimum absolute atomic E-state index is 0.154. The Morgan fingerprint density at radius 2 is 1.89 bits per heavy atom. The van der Waals surface area contributed by atoms with Crippen molar-refractivity contribution < 1.29 is 19.0 Å². The largest absolute Gasteiger partial charge is 0.439 e. The van der Waals surface area contributed by atoms with Gasteiger partial charge in [-0.1, -0.05) is 41.4 Å². The third kappa shape index (κ3) is 5.10. The highest BCUT2D eigenvalue weighted by molar-refractivity contribution is 8.00. The second kappa shape index (κ2) is 10.4. The first-order chi connectivity index (χ1) is 17.3. The number of carbonyl (C=O) groups excluding carboxylic acids is 1. The molecule has 3 atom stereocenters. The summed E-state index contributed by atoms with van der Waals surface area (Å²) in [5.74, 6) is -0.0539. The summed E-state index contributed by atoms with van der Waals surface area (Å²) in [6.07, 6.45) is -0.858. The minimum Gasteiger partial charge on any atom is -0.439 e. The van der Waals surface area contributed by atoms with Crippen LogP contribution in [0, 0.1) is 5.82 Å². The Kier molecular flexibility index (Phi) is 7.23. The van der Waals surface area contributed by atoms with E-state index >= 15 is 0 Å². The average molecular weight is 561 g/mol. The van der Waals surface area contributed by atoms with Gasteiger partial charge in [-0.2, -0.15) is 0 Å². The molecule has 1 fully saturated rings. The van der Waals surface area contributed by atoms with Crippen LogP contribution in [0.5, 0.6) is 11.6 Å². The van der Waals surface area contributed by atoms with Crippen LogP contribution >= 0.6 is 46.3 Å². The van der Waals surface area contributed by atoms with Crippen molar-refractivity contribution in [3.8, 4) is 11.6 Å². The van der Waals surface area contributed by atoms with Gasteiger partial charge in [0.2, 0.25) is 11.8 Å². The zero-order valence-electron chi connectivity index (χ0n) is 18.5. The molecule has 0 spiro atoms. The number of aromatic nitrogens is 1. The lowest BCUT2D eigenvalue weighted by Crippen LogP contribution is -2.59. The fourth-order valence-corrected chi connectivity index (χ4v) is 6.37. The van der Waals surface area contributed by atoms with Crippen molar-refractivity contribution in [3.05, 3.63) is 105 Å². The molecule has 36 heavy (non-hydrogen) atoms. The number of benzene rings is 2. The van der Waals surface area contributed by atoms with Crippen molar-refractivity contribution in [1.29, 1.82) is 0 Å². The molecule has 1 aliphatic heterocycles. The number of aliphatic hydroxyl groups excluding tert-OH is 1. The second-order valence-corrected chi connectivity index (χ2v) is 11.3. The maximum atomic E-state index is 13.4. The van der Waals surface area contributed by atoms with E-state index in [0.29, 0.717) is 31.3 Å². The fraction of sp³-hybridized carbons (Fsp3) is 0.154. The number of amides is 1. The number of rotatable bonds is 6. The summed E-state index contributed by atoms with van der Waals surface area (Å²) in [5.41, 5.74) is 0.0440. The summed E-state index contributed by atoms with van der Waals surface area (Å²) in [4.78, 5) is 18.8. The molecule has 5 rings (SSSR count). The van der Waals surface area contributed by atoms with Gasteiger partial charge in [-0.05, 0) is 59.5 Å². The third-order valence-electron chi connectivity index (χ3n) is 5.81. The zero-order valence-corrected chi connectivity index (χ0v) is 21.7. The molecule has 2 aromatic heterocycles. The molecule has 10 heteroatoms. The summed E-state index contributed by atoms with van der Waals surface area (Å²) < 4.78 is 19.6. The smallest absolute Gasteiger partial charge is 0.237 e. The molecule has 1 aliphatic rings. The molecule has 2 N–H and O–H groups in total. The van der Waals surface area contributed by atoms with Crippen LogP contribution in [0.25, 0.3) is 0 Å². The van der Waals surface area contributed by atoms with E-state index in [4.69, 9.17) is 27.9 Å². The van der Waals surface area contributed by atoms with Crippen molar-refractivity contribution in [1.82, 2.24) is 10.3 Å². The second-order valence-electron chi connectivity index (χ2n) is 8.19. The average Bonchev–Trinajstić information content (AvgIpc) is 3.31. The van der Waals surface area contributed by atoms with Crippen LogP contribution in [0.3, 0.4) is 0 Å². The van der Waals surface area contributed by atoms with Crippen molar-refractivity contribution in [2.45, 2.75) is 28.2 Å². The normalized spacial score (nSPS) is 21.7. The highest BCUT2D eigenvalue weighted by atomic mass is 35.5. The molecule has 0 saturated carbocycles. The lowest BCUT2D eigenvalue weighted by Gasteiger charge is -2.42. The van der Waals surface area contributed by atoms with Crippen molar-refractivity contribution in [2.75, 3.05) is 0 Å². The Labute approximate surface area is 225 Å². The van der Waals surface area contributed by atoms with E-state index in [2.05, 4.69) is 10.3 Å². The number of hydrogen-bond acceptors (Lipinski definition) is 6. The van der Waals surface area contributed by atoms with Crippen LogP contribution in [0.2, 0.25) is 9.36 Å². The number of carbonyl (C=O) groups is 1. The number of nitrogens with zero attached hydrogens (tertiary/aromatic N) is 1. The topological polar surface area (TPSA) is 71.5 Å². The summed E-state index contributed by atoms with van der Waals surface area (Å²) in [6.45, 7) is 0. The van der Waals surface area contributed by atoms with Crippen LogP contribution in [0.15, 0.2) is 83.1 Å². The quantitative estimate of drug-likeness (QED) is 0.275. The van der Waals surface area contributed by atoms with E-state index in [1.54, 1.807) is 30.3 Å². The van der Waals surface area contributed by atoms with Gasteiger partial charge in [-0.3, -0.25) is 4.79 Å². The Bertz CT molecular complexity index is 1400. The van der Waals surface area contributed by atoms with Crippen LogP contribution in [0.1, 0.15) is 17.7 Å². The van der Waals surface area contributed by atoms with Crippen LogP contribution in [0.4, 0.5) is 4.39 Å². The molecule has 3 unspecified atom stereocenters. The lowest BCUT2D eigenvalue weighted by molar-refractivity contribution is -0.127. The lowest BCUT2D eigenvalue weighted by atomic mass is 9.79. The highest BCUT2D eigenvalue weighted by Crippen LogP contribution is 2.44. The number of ether oxygens (including phenoxy) is 1. The van der Waals surface area contributed by atoms with Gasteiger partial charge in [0.25, 0.3) is 0 Å². The summed E-state index contributed by atoms with van der Waals surface area (Å²) in [7, 11) is 0. The van der Waals surface area contributed by atoms with Gasteiger partial charge in [-0.25, -0.2) is 9.37 Å². The molecule has 0 aliphatic carbocycles. The molecule has 0 radical (unpaired) electrons. The van der Waals surface area contributed by atoms with Gasteiger partial charge in [0.05, 0.1) is 21.2 Å². The van der Waals surface area contributed by atoms with Crippen molar-refractivity contribution in [2.24, 2.45) is 0 Å². The number of piperidine rings is 1. The van der Waals surface area contributed by atoms with Gasteiger partial charge in [0.15, 0.2) is 0 Å². The Balaban J connectivity index is 1.49. The van der Waals surface area contributed by atoms with Crippen LogP contribution < -0.4 is 10.1 Å². The van der Waals surface area contributed by atoms with Gasteiger partial charge >= 0.3 is 0 Å². The first-order valence-electron chi connectivity index (χ1n) is 10.9. The Morgan fingerprint density at radius 3 is 2.58 bits per heavy atom. The molecule has 4 aromatic rings. The number of pyridine rings is 1. The van der Waals surface area contributed by atoms with E-state index < -0.39 is 16.9 Å². The van der Waals surface area contributed by atoms with E-state index in [1.165, 1.54) is 47.4 Å². The summed E-state index contributed by atoms with van der Waals surface area (Å²) in [5, 5.41) is 15.9. The monoisotopic (exact) mass is 560 g/mol. The molecule has 184 valence electrons.